The lowest BCUT2D eigenvalue weighted by Crippen LogP contribution is -2.39. The van der Waals surface area contributed by atoms with Gasteiger partial charge in [0.15, 0.2) is 0 Å². The summed E-state index contributed by atoms with van der Waals surface area (Å²) in [4.78, 5) is 25.5. The summed E-state index contributed by atoms with van der Waals surface area (Å²) in [6.07, 6.45) is 2.25. The van der Waals surface area contributed by atoms with Crippen LogP contribution in [-0.2, 0) is 4.74 Å². The van der Waals surface area contributed by atoms with E-state index in [2.05, 4.69) is 11.7 Å². The van der Waals surface area contributed by atoms with E-state index in [9.17, 15) is 9.59 Å². The van der Waals surface area contributed by atoms with Gasteiger partial charge in [-0.2, -0.15) is 0 Å². The highest BCUT2D eigenvalue weighted by Gasteiger charge is 2.22. The molecule has 102 valence electrons. The second kappa shape index (κ2) is 5.87. The zero-order valence-corrected chi connectivity index (χ0v) is 11.4. The van der Waals surface area contributed by atoms with Crippen LogP contribution in [0.25, 0.3) is 0 Å². The quantitative estimate of drug-likeness (QED) is 0.768. The Morgan fingerprint density at radius 1 is 1.21 bits per heavy atom. The lowest BCUT2D eigenvalue weighted by atomic mass is 9.99. The number of nitrogens with zero attached hydrogens (tertiary/aromatic N) is 1. The number of benzene rings is 1. The Kier molecular flexibility index (Phi) is 4.20. The Morgan fingerprint density at radius 2 is 1.84 bits per heavy atom. The number of hydrogen-bond acceptors (Lipinski definition) is 3. The third-order valence-electron chi connectivity index (χ3n) is 3.50. The van der Waals surface area contributed by atoms with Gasteiger partial charge in [0, 0.05) is 18.7 Å². The summed E-state index contributed by atoms with van der Waals surface area (Å²) in [5.74, 6) is 0.223. The maximum atomic E-state index is 12.3. The largest absolute Gasteiger partial charge is 0.465 e. The van der Waals surface area contributed by atoms with Gasteiger partial charge in [-0.3, -0.25) is 4.79 Å². The molecule has 1 saturated heterocycles. The van der Waals surface area contributed by atoms with Gasteiger partial charge in [0.1, 0.15) is 0 Å². The van der Waals surface area contributed by atoms with Crippen LogP contribution in [0.5, 0.6) is 0 Å². The van der Waals surface area contributed by atoms with E-state index in [1.165, 1.54) is 13.5 Å². The van der Waals surface area contributed by atoms with Gasteiger partial charge >= 0.3 is 5.97 Å². The third kappa shape index (κ3) is 3.13. The maximum Gasteiger partial charge on any atom is 0.337 e. The second-order valence-electron chi connectivity index (χ2n) is 5.07. The van der Waals surface area contributed by atoms with Crippen molar-refractivity contribution in [2.45, 2.75) is 19.8 Å². The molecule has 2 rings (SSSR count). The molecule has 1 atom stereocenters. The highest BCUT2D eigenvalue weighted by molar-refractivity contribution is 5.96. The molecule has 1 aliphatic rings. The first kappa shape index (κ1) is 13.6. The summed E-state index contributed by atoms with van der Waals surface area (Å²) < 4.78 is 4.63. The number of carbonyl (C=O) groups is 2. The second-order valence-corrected chi connectivity index (χ2v) is 5.07. The molecule has 0 aromatic heterocycles. The molecule has 1 heterocycles. The van der Waals surface area contributed by atoms with Crippen LogP contribution in [0.15, 0.2) is 24.3 Å². The van der Waals surface area contributed by atoms with Crippen molar-refractivity contribution in [2.24, 2.45) is 5.92 Å². The summed E-state index contributed by atoms with van der Waals surface area (Å²) >= 11 is 0. The van der Waals surface area contributed by atoms with Crippen molar-refractivity contribution < 1.29 is 14.3 Å². The van der Waals surface area contributed by atoms with Crippen LogP contribution in [0, 0.1) is 5.92 Å². The third-order valence-corrected chi connectivity index (χ3v) is 3.50. The zero-order valence-electron chi connectivity index (χ0n) is 11.4. The topological polar surface area (TPSA) is 46.6 Å². The van der Waals surface area contributed by atoms with Crippen molar-refractivity contribution in [3.05, 3.63) is 35.4 Å². The minimum atomic E-state index is -0.384. The number of rotatable bonds is 2. The summed E-state index contributed by atoms with van der Waals surface area (Å²) in [6.45, 7) is 3.80. The number of ether oxygens (including phenoxy) is 1. The molecule has 0 bridgehead atoms. The molecule has 0 N–H and O–H groups in total. The van der Waals surface area contributed by atoms with Crippen LogP contribution >= 0.6 is 0 Å². The number of esters is 1. The Labute approximate surface area is 113 Å². The summed E-state index contributed by atoms with van der Waals surface area (Å²) in [5, 5.41) is 0. The highest BCUT2D eigenvalue weighted by atomic mass is 16.5. The van der Waals surface area contributed by atoms with E-state index in [0.29, 0.717) is 17.0 Å². The predicted molar refractivity (Wildman–Crippen MR) is 72.1 cm³/mol. The number of carbonyl (C=O) groups excluding carboxylic acids is 2. The molecule has 19 heavy (non-hydrogen) atoms. The van der Waals surface area contributed by atoms with Crippen molar-refractivity contribution in [3.8, 4) is 0 Å². The molecule has 0 radical (unpaired) electrons. The molecule has 1 fully saturated rings. The summed E-state index contributed by atoms with van der Waals surface area (Å²) in [7, 11) is 1.34. The molecule has 1 aliphatic heterocycles. The fourth-order valence-corrected chi connectivity index (χ4v) is 2.42. The van der Waals surface area contributed by atoms with E-state index in [1.807, 2.05) is 4.90 Å². The highest BCUT2D eigenvalue weighted by Crippen LogP contribution is 2.18. The number of piperidine rings is 1. The van der Waals surface area contributed by atoms with E-state index in [4.69, 9.17) is 0 Å². The van der Waals surface area contributed by atoms with Gasteiger partial charge in [0.2, 0.25) is 0 Å². The van der Waals surface area contributed by atoms with Crippen LogP contribution in [0.4, 0.5) is 0 Å². The minimum absolute atomic E-state index is 0.0444. The average Bonchev–Trinajstić information content (AvgIpc) is 2.46. The molecule has 0 spiro atoms. The summed E-state index contributed by atoms with van der Waals surface area (Å²) in [5.41, 5.74) is 1.09. The lowest BCUT2D eigenvalue weighted by molar-refractivity contribution is 0.0599. The van der Waals surface area contributed by atoms with Crippen molar-refractivity contribution in [1.29, 1.82) is 0 Å². The maximum absolute atomic E-state index is 12.3. The molecule has 1 aromatic carbocycles. The number of methoxy groups -OCH3 is 1. The van der Waals surface area contributed by atoms with E-state index in [-0.39, 0.29) is 11.9 Å². The normalized spacial score (nSPS) is 19.1. The van der Waals surface area contributed by atoms with Crippen LogP contribution in [0.2, 0.25) is 0 Å². The minimum Gasteiger partial charge on any atom is -0.465 e. The van der Waals surface area contributed by atoms with E-state index in [1.54, 1.807) is 24.3 Å². The van der Waals surface area contributed by atoms with E-state index < -0.39 is 0 Å². The van der Waals surface area contributed by atoms with Crippen LogP contribution in [-0.4, -0.2) is 37.0 Å². The first-order chi connectivity index (χ1) is 9.11. The van der Waals surface area contributed by atoms with Crippen molar-refractivity contribution in [1.82, 2.24) is 4.90 Å². The van der Waals surface area contributed by atoms with Crippen LogP contribution in [0.1, 0.15) is 40.5 Å². The van der Waals surface area contributed by atoms with Gasteiger partial charge in [-0.1, -0.05) is 6.92 Å². The Balaban J connectivity index is 2.09. The molecule has 0 aliphatic carbocycles. The van der Waals surface area contributed by atoms with E-state index >= 15 is 0 Å². The molecular weight excluding hydrogens is 242 g/mol. The number of likely N-dealkylation sites (tertiary alicyclic amines) is 1. The van der Waals surface area contributed by atoms with Crippen molar-refractivity contribution in [3.63, 3.8) is 0 Å². The average molecular weight is 261 g/mol. The van der Waals surface area contributed by atoms with Gasteiger partial charge in [-0.25, -0.2) is 4.79 Å². The number of amides is 1. The standard InChI is InChI=1S/C15H19NO3/c1-11-4-3-9-16(10-11)14(17)12-5-7-13(8-6-12)15(18)19-2/h5-8,11H,3-4,9-10H2,1-2H3. The van der Waals surface area contributed by atoms with Crippen LogP contribution in [0.3, 0.4) is 0 Å². The molecule has 1 amide bonds. The first-order valence-corrected chi connectivity index (χ1v) is 6.59. The monoisotopic (exact) mass is 261 g/mol. The van der Waals surface area contributed by atoms with Crippen LogP contribution < -0.4 is 0 Å². The Bertz CT molecular complexity index is 467. The number of hydrogen-bond donors (Lipinski definition) is 0. The molecular formula is C15H19NO3. The van der Waals surface area contributed by atoms with Crippen molar-refractivity contribution in [2.75, 3.05) is 20.2 Å². The molecule has 1 unspecified atom stereocenters. The van der Waals surface area contributed by atoms with Gasteiger partial charge < -0.3 is 9.64 Å². The molecule has 4 nitrogen and oxygen atoms in total. The van der Waals surface area contributed by atoms with Gasteiger partial charge in [-0.05, 0) is 43.0 Å². The van der Waals surface area contributed by atoms with E-state index in [0.717, 1.165) is 19.5 Å². The fraction of sp³-hybridized carbons (Fsp3) is 0.467. The summed E-state index contributed by atoms with van der Waals surface area (Å²) in [6, 6.07) is 6.64. The SMILES string of the molecule is COC(=O)c1ccc(C(=O)N2CCCC(C)C2)cc1. The lowest BCUT2D eigenvalue weighted by Gasteiger charge is -2.31. The smallest absolute Gasteiger partial charge is 0.337 e. The van der Waals surface area contributed by atoms with Crippen molar-refractivity contribution >= 4 is 11.9 Å². The Hall–Kier alpha value is -1.84. The van der Waals surface area contributed by atoms with Gasteiger partial charge in [0.05, 0.1) is 12.7 Å². The fourth-order valence-electron chi connectivity index (χ4n) is 2.42. The van der Waals surface area contributed by atoms with Gasteiger partial charge in [0.25, 0.3) is 5.91 Å². The predicted octanol–water partition coefficient (Wildman–Crippen LogP) is 2.35. The first-order valence-electron chi connectivity index (χ1n) is 6.59. The zero-order chi connectivity index (χ0) is 13.8. The Morgan fingerprint density at radius 3 is 2.42 bits per heavy atom. The molecule has 4 heteroatoms. The molecule has 1 aromatic rings. The molecule has 0 saturated carbocycles. The van der Waals surface area contributed by atoms with Gasteiger partial charge in [-0.15, -0.1) is 0 Å².